The molecule has 0 spiro atoms. The lowest BCUT2D eigenvalue weighted by molar-refractivity contribution is -0.156. The van der Waals surface area contributed by atoms with Crippen molar-refractivity contribution in [1.82, 2.24) is 9.80 Å². The summed E-state index contributed by atoms with van der Waals surface area (Å²) in [4.78, 5) is 29.3. The van der Waals surface area contributed by atoms with Crippen LogP contribution in [0.4, 0.5) is 0 Å². The molecule has 2 aliphatic rings. The SMILES string of the molecule is CC(C)(COC(=O)[C@H]1CCCN(C(=O)C(C)(C)C)C1)CN1CCCC1. The molecule has 5 heteroatoms. The lowest BCUT2D eigenvalue weighted by Crippen LogP contribution is -2.47. The zero-order valence-electron chi connectivity index (χ0n) is 16.8. The smallest absolute Gasteiger partial charge is 0.310 e. The first-order chi connectivity index (χ1) is 11.6. The van der Waals surface area contributed by atoms with Crippen LogP contribution < -0.4 is 0 Å². The predicted octanol–water partition coefficient (Wildman–Crippen LogP) is 2.94. The van der Waals surface area contributed by atoms with Gasteiger partial charge < -0.3 is 14.5 Å². The molecule has 5 nitrogen and oxygen atoms in total. The number of amides is 1. The minimum atomic E-state index is -0.399. The van der Waals surface area contributed by atoms with Crippen molar-refractivity contribution < 1.29 is 14.3 Å². The molecule has 2 saturated heterocycles. The number of rotatable bonds is 5. The third kappa shape index (κ3) is 5.98. The average molecular weight is 353 g/mol. The molecule has 0 radical (unpaired) electrons. The largest absolute Gasteiger partial charge is 0.465 e. The molecule has 25 heavy (non-hydrogen) atoms. The summed E-state index contributed by atoms with van der Waals surface area (Å²) in [5.41, 5.74) is -0.431. The Hall–Kier alpha value is -1.10. The highest BCUT2D eigenvalue weighted by Crippen LogP contribution is 2.26. The zero-order valence-corrected chi connectivity index (χ0v) is 16.8. The van der Waals surface area contributed by atoms with Crippen LogP contribution in [0.1, 0.15) is 60.3 Å². The summed E-state index contributed by atoms with van der Waals surface area (Å²) < 4.78 is 5.67. The van der Waals surface area contributed by atoms with E-state index in [0.717, 1.165) is 39.0 Å². The van der Waals surface area contributed by atoms with Gasteiger partial charge in [-0.25, -0.2) is 0 Å². The van der Waals surface area contributed by atoms with E-state index in [9.17, 15) is 9.59 Å². The highest BCUT2D eigenvalue weighted by atomic mass is 16.5. The minimum absolute atomic E-state index is 0.0322. The first-order valence-electron chi connectivity index (χ1n) is 9.77. The molecule has 144 valence electrons. The van der Waals surface area contributed by atoms with Gasteiger partial charge in [-0.1, -0.05) is 34.6 Å². The van der Waals surface area contributed by atoms with Gasteiger partial charge >= 0.3 is 5.97 Å². The molecular weight excluding hydrogens is 316 g/mol. The molecule has 0 aromatic heterocycles. The van der Waals surface area contributed by atoms with E-state index in [2.05, 4.69) is 18.7 Å². The molecule has 1 atom stereocenters. The Morgan fingerprint density at radius 3 is 2.24 bits per heavy atom. The quantitative estimate of drug-likeness (QED) is 0.714. The van der Waals surface area contributed by atoms with E-state index in [4.69, 9.17) is 4.74 Å². The van der Waals surface area contributed by atoms with E-state index in [0.29, 0.717) is 13.2 Å². The molecule has 2 fully saturated rings. The predicted molar refractivity (Wildman–Crippen MR) is 99.2 cm³/mol. The van der Waals surface area contributed by atoms with Crippen molar-refractivity contribution in [3.8, 4) is 0 Å². The number of nitrogens with zero attached hydrogens (tertiary/aromatic N) is 2. The normalized spacial score (nSPS) is 22.9. The molecule has 0 aromatic carbocycles. The van der Waals surface area contributed by atoms with Crippen molar-refractivity contribution in [2.45, 2.75) is 60.3 Å². The maximum absolute atomic E-state index is 12.5. The maximum atomic E-state index is 12.5. The van der Waals surface area contributed by atoms with Crippen LogP contribution in [-0.4, -0.2) is 61.0 Å². The standard InChI is InChI=1S/C20H36N2O3/c1-19(2,3)18(24)22-12-8-9-16(13-22)17(23)25-15-20(4,5)14-21-10-6-7-11-21/h16H,6-15H2,1-5H3/t16-/m0/s1. The Morgan fingerprint density at radius 2 is 1.64 bits per heavy atom. The van der Waals surface area contributed by atoms with Crippen molar-refractivity contribution in [2.75, 3.05) is 39.3 Å². The summed E-state index contributed by atoms with van der Waals surface area (Å²) in [6, 6.07) is 0. The van der Waals surface area contributed by atoms with Crippen LogP contribution >= 0.6 is 0 Å². The van der Waals surface area contributed by atoms with Crippen LogP contribution in [0.5, 0.6) is 0 Å². The van der Waals surface area contributed by atoms with E-state index >= 15 is 0 Å². The summed E-state index contributed by atoms with van der Waals surface area (Å²) in [7, 11) is 0. The number of likely N-dealkylation sites (tertiary alicyclic amines) is 2. The number of carbonyl (C=O) groups excluding carboxylic acids is 2. The monoisotopic (exact) mass is 352 g/mol. The number of esters is 1. The molecule has 2 heterocycles. The summed E-state index contributed by atoms with van der Waals surface area (Å²) in [5.74, 6) is -0.192. The first kappa shape index (κ1) is 20.2. The molecule has 0 aromatic rings. The molecule has 2 rings (SSSR count). The highest BCUT2D eigenvalue weighted by molar-refractivity contribution is 5.82. The molecule has 2 aliphatic heterocycles. The third-order valence-corrected chi connectivity index (χ3v) is 5.14. The van der Waals surface area contributed by atoms with Crippen molar-refractivity contribution in [3.63, 3.8) is 0 Å². The average Bonchev–Trinajstić information content (AvgIpc) is 3.03. The van der Waals surface area contributed by atoms with Crippen LogP contribution in [0.15, 0.2) is 0 Å². The number of carbonyl (C=O) groups is 2. The number of ether oxygens (including phenoxy) is 1. The van der Waals surface area contributed by atoms with E-state index in [1.807, 2.05) is 25.7 Å². The fourth-order valence-electron chi connectivity index (χ4n) is 3.80. The number of piperidine rings is 1. The Balaban J connectivity index is 1.82. The van der Waals surface area contributed by atoms with Gasteiger partial charge in [-0.05, 0) is 38.8 Å². The lowest BCUT2D eigenvalue weighted by Gasteiger charge is -2.36. The Labute approximate surface area is 153 Å². The van der Waals surface area contributed by atoms with E-state index in [-0.39, 0.29) is 23.2 Å². The van der Waals surface area contributed by atoms with Gasteiger partial charge in [0.05, 0.1) is 12.5 Å². The second-order valence-electron chi connectivity index (χ2n) is 9.60. The zero-order chi connectivity index (χ0) is 18.7. The van der Waals surface area contributed by atoms with Gasteiger partial charge in [0.25, 0.3) is 0 Å². The number of hydrogen-bond donors (Lipinski definition) is 0. The molecule has 0 unspecified atom stereocenters. The molecule has 0 aliphatic carbocycles. The lowest BCUT2D eigenvalue weighted by atomic mass is 9.91. The second-order valence-corrected chi connectivity index (χ2v) is 9.60. The van der Waals surface area contributed by atoms with Crippen LogP contribution in [0.2, 0.25) is 0 Å². The molecule has 0 N–H and O–H groups in total. The topological polar surface area (TPSA) is 49.9 Å². The molecule has 1 amide bonds. The highest BCUT2D eigenvalue weighted by Gasteiger charge is 2.35. The van der Waals surface area contributed by atoms with Crippen LogP contribution in [0.3, 0.4) is 0 Å². The van der Waals surface area contributed by atoms with Gasteiger partial charge in [-0.2, -0.15) is 0 Å². The van der Waals surface area contributed by atoms with E-state index < -0.39 is 5.41 Å². The first-order valence-corrected chi connectivity index (χ1v) is 9.77. The van der Waals surface area contributed by atoms with Crippen LogP contribution in [-0.2, 0) is 14.3 Å². The van der Waals surface area contributed by atoms with Crippen molar-refractivity contribution in [1.29, 1.82) is 0 Å². The number of hydrogen-bond acceptors (Lipinski definition) is 4. The summed E-state index contributed by atoms with van der Waals surface area (Å²) in [5, 5.41) is 0. The molecular formula is C20H36N2O3. The van der Waals surface area contributed by atoms with Gasteiger partial charge in [0.1, 0.15) is 0 Å². The van der Waals surface area contributed by atoms with Gasteiger partial charge in [-0.3, -0.25) is 9.59 Å². The maximum Gasteiger partial charge on any atom is 0.310 e. The van der Waals surface area contributed by atoms with E-state index in [1.54, 1.807) is 0 Å². The van der Waals surface area contributed by atoms with Crippen LogP contribution in [0.25, 0.3) is 0 Å². The summed E-state index contributed by atoms with van der Waals surface area (Å²) in [6.07, 6.45) is 4.24. The molecule has 0 bridgehead atoms. The third-order valence-electron chi connectivity index (χ3n) is 5.14. The fraction of sp³-hybridized carbons (Fsp3) is 0.900. The van der Waals surface area contributed by atoms with Crippen molar-refractivity contribution in [3.05, 3.63) is 0 Å². The van der Waals surface area contributed by atoms with Crippen molar-refractivity contribution >= 4 is 11.9 Å². The van der Waals surface area contributed by atoms with Crippen LogP contribution in [0, 0.1) is 16.7 Å². The minimum Gasteiger partial charge on any atom is -0.465 e. The summed E-state index contributed by atoms with van der Waals surface area (Å²) >= 11 is 0. The van der Waals surface area contributed by atoms with Gasteiger partial charge in [0.15, 0.2) is 0 Å². The Morgan fingerprint density at radius 1 is 1.00 bits per heavy atom. The van der Waals surface area contributed by atoms with Crippen molar-refractivity contribution in [2.24, 2.45) is 16.7 Å². The van der Waals surface area contributed by atoms with Gasteiger partial charge in [-0.15, -0.1) is 0 Å². The molecule has 0 saturated carbocycles. The fourth-order valence-corrected chi connectivity index (χ4v) is 3.80. The summed E-state index contributed by atoms with van der Waals surface area (Å²) in [6.45, 7) is 15.1. The Bertz CT molecular complexity index is 476. The van der Waals surface area contributed by atoms with Gasteiger partial charge in [0.2, 0.25) is 5.91 Å². The Kier molecular flexibility index (Phi) is 6.52. The van der Waals surface area contributed by atoms with Gasteiger partial charge in [0, 0.05) is 30.5 Å². The van der Waals surface area contributed by atoms with E-state index in [1.165, 1.54) is 12.8 Å². The second kappa shape index (κ2) is 8.07.